The molecular weight excluding hydrogens is 322 g/mol. The number of nitrogens with zero attached hydrogens (tertiary/aromatic N) is 3. The lowest BCUT2D eigenvalue weighted by Crippen LogP contribution is -2.10. The molecule has 104 valence electrons. The SMILES string of the molecule is O=C1CCCCCC1c1nc(-c2ncccc2Br)no1. The molecule has 1 aliphatic rings. The summed E-state index contributed by atoms with van der Waals surface area (Å²) in [5.41, 5.74) is 0.628. The number of pyridine rings is 1. The Kier molecular flexibility index (Phi) is 3.91. The lowest BCUT2D eigenvalue weighted by atomic mass is 9.99. The maximum absolute atomic E-state index is 12.1. The van der Waals surface area contributed by atoms with Crippen molar-refractivity contribution >= 4 is 21.7 Å². The summed E-state index contributed by atoms with van der Waals surface area (Å²) in [6.07, 6.45) is 6.16. The molecule has 0 N–H and O–H groups in total. The Hall–Kier alpha value is -1.56. The molecule has 0 radical (unpaired) electrons. The smallest absolute Gasteiger partial charge is 0.237 e. The quantitative estimate of drug-likeness (QED) is 0.785. The van der Waals surface area contributed by atoms with E-state index in [1.165, 1.54) is 0 Å². The highest BCUT2D eigenvalue weighted by atomic mass is 79.9. The first kappa shape index (κ1) is 13.4. The number of halogens is 1. The lowest BCUT2D eigenvalue weighted by molar-refractivity contribution is -0.120. The van der Waals surface area contributed by atoms with Gasteiger partial charge in [0.05, 0.1) is 5.92 Å². The minimum Gasteiger partial charge on any atom is -0.338 e. The minimum atomic E-state index is -0.249. The molecule has 5 nitrogen and oxygen atoms in total. The van der Waals surface area contributed by atoms with Gasteiger partial charge >= 0.3 is 0 Å². The Morgan fingerprint density at radius 1 is 1.30 bits per heavy atom. The molecule has 0 spiro atoms. The van der Waals surface area contributed by atoms with E-state index in [1.54, 1.807) is 6.20 Å². The van der Waals surface area contributed by atoms with Gasteiger partial charge in [0.25, 0.3) is 0 Å². The number of hydrogen-bond acceptors (Lipinski definition) is 5. The van der Waals surface area contributed by atoms with Crippen LogP contribution in [-0.2, 0) is 4.79 Å². The first-order valence-corrected chi connectivity index (χ1v) is 7.52. The maximum atomic E-state index is 12.1. The highest BCUT2D eigenvalue weighted by molar-refractivity contribution is 9.10. The van der Waals surface area contributed by atoms with E-state index in [0.29, 0.717) is 23.8 Å². The lowest BCUT2D eigenvalue weighted by Gasteiger charge is -2.06. The molecule has 1 aliphatic carbocycles. The number of aromatic nitrogens is 3. The van der Waals surface area contributed by atoms with E-state index in [1.807, 2.05) is 12.1 Å². The predicted molar refractivity (Wildman–Crippen MR) is 76.1 cm³/mol. The average molecular weight is 336 g/mol. The molecule has 0 bridgehead atoms. The van der Waals surface area contributed by atoms with Gasteiger partial charge in [-0.15, -0.1) is 0 Å². The zero-order valence-corrected chi connectivity index (χ0v) is 12.5. The van der Waals surface area contributed by atoms with E-state index in [-0.39, 0.29) is 11.7 Å². The highest BCUT2D eigenvalue weighted by Crippen LogP contribution is 2.30. The number of carbonyl (C=O) groups excluding carboxylic acids is 1. The van der Waals surface area contributed by atoms with Gasteiger partial charge in [0.1, 0.15) is 11.5 Å². The molecule has 0 saturated heterocycles. The van der Waals surface area contributed by atoms with Crippen molar-refractivity contribution < 1.29 is 9.32 Å². The molecule has 1 saturated carbocycles. The van der Waals surface area contributed by atoms with Crippen molar-refractivity contribution in [3.8, 4) is 11.5 Å². The molecule has 3 rings (SSSR count). The first-order chi connectivity index (χ1) is 9.75. The Morgan fingerprint density at radius 3 is 3.05 bits per heavy atom. The summed E-state index contributed by atoms with van der Waals surface area (Å²) in [6.45, 7) is 0. The Bertz CT molecular complexity index is 626. The Morgan fingerprint density at radius 2 is 2.20 bits per heavy atom. The Balaban J connectivity index is 1.90. The molecule has 2 aromatic heterocycles. The molecule has 0 amide bonds. The third-order valence-corrected chi connectivity index (χ3v) is 4.15. The zero-order chi connectivity index (χ0) is 13.9. The van der Waals surface area contributed by atoms with Crippen LogP contribution in [0.3, 0.4) is 0 Å². The standard InChI is InChI=1S/C14H14BrN3O2/c15-10-6-4-8-16-12(10)13-17-14(20-18-13)9-5-2-1-3-7-11(9)19/h4,6,8-9H,1-3,5,7H2. The Labute approximate surface area is 124 Å². The summed E-state index contributed by atoms with van der Waals surface area (Å²) < 4.78 is 6.10. The van der Waals surface area contributed by atoms with Crippen LogP contribution in [0.15, 0.2) is 27.3 Å². The maximum Gasteiger partial charge on any atom is 0.237 e. The monoisotopic (exact) mass is 335 g/mol. The second kappa shape index (κ2) is 5.83. The normalized spacial score (nSPS) is 19.9. The van der Waals surface area contributed by atoms with Gasteiger partial charge in [-0.05, 0) is 40.9 Å². The van der Waals surface area contributed by atoms with E-state index in [2.05, 4.69) is 31.1 Å². The summed E-state index contributed by atoms with van der Waals surface area (Å²) >= 11 is 3.41. The van der Waals surface area contributed by atoms with Gasteiger partial charge in [0.15, 0.2) is 0 Å². The topological polar surface area (TPSA) is 68.9 Å². The molecule has 1 atom stereocenters. The number of Topliss-reactive ketones (excluding diaryl/α,β-unsaturated/α-hetero) is 1. The molecule has 2 aromatic rings. The molecule has 20 heavy (non-hydrogen) atoms. The van der Waals surface area contributed by atoms with Crippen LogP contribution in [0.1, 0.15) is 43.9 Å². The second-order valence-corrected chi connectivity index (χ2v) is 5.76. The van der Waals surface area contributed by atoms with Crippen LogP contribution in [0.5, 0.6) is 0 Å². The molecule has 0 aliphatic heterocycles. The van der Waals surface area contributed by atoms with Gasteiger partial charge in [0, 0.05) is 17.1 Å². The zero-order valence-electron chi connectivity index (χ0n) is 10.9. The van der Waals surface area contributed by atoms with E-state index in [0.717, 1.165) is 30.2 Å². The van der Waals surface area contributed by atoms with Gasteiger partial charge < -0.3 is 4.52 Å². The molecule has 1 fully saturated rings. The van der Waals surface area contributed by atoms with Crippen LogP contribution in [0.4, 0.5) is 0 Å². The minimum absolute atomic E-state index is 0.206. The van der Waals surface area contributed by atoms with Crippen molar-refractivity contribution in [2.75, 3.05) is 0 Å². The van der Waals surface area contributed by atoms with Crippen LogP contribution in [0, 0.1) is 0 Å². The number of hydrogen-bond donors (Lipinski definition) is 0. The fourth-order valence-electron chi connectivity index (χ4n) is 2.44. The molecule has 0 aromatic carbocycles. The first-order valence-electron chi connectivity index (χ1n) is 6.73. The van der Waals surface area contributed by atoms with Crippen LogP contribution in [0.2, 0.25) is 0 Å². The average Bonchev–Trinajstić information content (AvgIpc) is 2.82. The third kappa shape index (κ3) is 2.65. The predicted octanol–water partition coefficient (Wildman–Crippen LogP) is 3.51. The van der Waals surface area contributed by atoms with Gasteiger partial charge in [-0.1, -0.05) is 18.0 Å². The van der Waals surface area contributed by atoms with Crippen LogP contribution < -0.4 is 0 Å². The fourth-order valence-corrected chi connectivity index (χ4v) is 2.88. The fraction of sp³-hybridized carbons (Fsp3) is 0.429. The van der Waals surface area contributed by atoms with Gasteiger partial charge in [0.2, 0.25) is 11.7 Å². The van der Waals surface area contributed by atoms with Crippen molar-refractivity contribution in [3.05, 3.63) is 28.7 Å². The molecule has 1 unspecified atom stereocenters. The second-order valence-electron chi connectivity index (χ2n) is 4.91. The molecule has 2 heterocycles. The van der Waals surface area contributed by atoms with E-state index in [9.17, 15) is 4.79 Å². The van der Waals surface area contributed by atoms with Crippen molar-refractivity contribution in [1.82, 2.24) is 15.1 Å². The van der Waals surface area contributed by atoms with Crippen LogP contribution >= 0.6 is 15.9 Å². The summed E-state index contributed by atoms with van der Waals surface area (Å²) in [5, 5.41) is 3.96. The molecule has 6 heteroatoms. The van der Waals surface area contributed by atoms with E-state index < -0.39 is 0 Å². The van der Waals surface area contributed by atoms with E-state index in [4.69, 9.17) is 4.52 Å². The van der Waals surface area contributed by atoms with Crippen molar-refractivity contribution in [3.63, 3.8) is 0 Å². The number of rotatable bonds is 2. The number of carbonyl (C=O) groups is 1. The summed E-state index contributed by atoms with van der Waals surface area (Å²) in [5.74, 6) is 0.799. The van der Waals surface area contributed by atoms with Crippen molar-refractivity contribution in [1.29, 1.82) is 0 Å². The van der Waals surface area contributed by atoms with Gasteiger partial charge in [-0.25, -0.2) is 0 Å². The van der Waals surface area contributed by atoms with Crippen molar-refractivity contribution in [2.24, 2.45) is 0 Å². The van der Waals surface area contributed by atoms with Gasteiger partial charge in [-0.2, -0.15) is 4.98 Å². The van der Waals surface area contributed by atoms with Crippen LogP contribution in [0.25, 0.3) is 11.5 Å². The van der Waals surface area contributed by atoms with Crippen molar-refractivity contribution in [2.45, 2.75) is 38.0 Å². The number of ketones is 1. The highest BCUT2D eigenvalue weighted by Gasteiger charge is 2.28. The van der Waals surface area contributed by atoms with Gasteiger partial charge in [-0.3, -0.25) is 9.78 Å². The third-order valence-electron chi connectivity index (χ3n) is 3.51. The summed E-state index contributed by atoms with van der Waals surface area (Å²) in [7, 11) is 0. The molecular formula is C14H14BrN3O2. The van der Waals surface area contributed by atoms with E-state index >= 15 is 0 Å². The summed E-state index contributed by atoms with van der Waals surface area (Å²) in [6, 6.07) is 3.69. The summed E-state index contributed by atoms with van der Waals surface area (Å²) in [4.78, 5) is 20.7. The van der Waals surface area contributed by atoms with Crippen LogP contribution in [-0.4, -0.2) is 20.9 Å². The largest absolute Gasteiger partial charge is 0.338 e.